The summed E-state index contributed by atoms with van der Waals surface area (Å²) in [5.41, 5.74) is 17.2. The third kappa shape index (κ3) is 5.36. The monoisotopic (exact) mass is 792 g/mol. The lowest BCUT2D eigenvalue weighted by Gasteiger charge is -2.29. The summed E-state index contributed by atoms with van der Waals surface area (Å²) in [6.45, 7) is 4.73. The molecule has 294 valence electrons. The Labute approximate surface area is 362 Å². The van der Waals surface area contributed by atoms with E-state index >= 15 is 0 Å². The number of aryl methyl sites for hydroxylation is 1. The van der Waals surface area contributed by atoms with Gasteiger partial charge in [0.2, 0.25) is 0 Å². The number of aromatic nitrogens is 1. The molecular weight excluding hydrogens is 749 g/mol. The van der Waals surface area contributed by atoms with Crippen LogP contribution in [0.1, 0.15) is 25.0 Å². The first-order valence-corrected chi connectivity index (χ1v) is 21.7. The summed E-state index contributed by atoms with van der Waals surface area (Å²) in [6.07, 6.45) is 0. The molecule has 11 aromatic rings. The van der Waals surface area contributed by atoms with Crippen LogP contribution in [0.4, 0.5) is 17.1 Å². The minimum Gasteiger partial charge on any atom is -0.343 e. The molecular formula is C60H44N2. The predicted octanol–water partition coefficient (Wildman–Crippen LogP) is 16.4. The molecule has 0 saturated carbocycles. The van der Waals surface area contributed by atoms with E-state index in [1.807, 2.05) is 0 Å². The second kappa shape index (κ2) is 13.9. The minimum atomic E-state index is -0.133. The number of anilines is 3. The van der Waals surface area contributed by atoms with Crippen LogP contribution in [0.3, 0.4) is 0 Å². The van der Waals surface area contributed by atoms with Gasteiger partial charge in [-0.05, 0) is 96.4 Å². The van der Waals surface area contributed by atoms with Gasteiger partial charge in [0.25, 0.3) is 0 Å². The third-order valence-electron chi connectivity index (χ3n) is 13.6. The van der Waals surface area contributed by atoms with E-state index in [1.54, 1.807) is 0 Å². The second-order valence-corrected chi connectivity index (χ2v) is 17.3. The second-order valence-electron chi connectivity index (χ2n) is 17.3. The number of hydrogen-bond acceptors (Lipinski definition) is 1. The Bertz CT molecular complexity index is 3540. The van der Waals surface area contributed by atoms with Crippen molar-refractivity contribution in [2.24, 2.45) is 7.05 Å². The summed E-state index contributed by atoms with van der Waals surface area (Å²) < 4.78 is 2.43. The molecule has 1 heterocycles. The van der Waals surface area contributed by atoms with E-state index in [0.29, 0.717) is 0 Å². The lowest BCUT2D eigenvalue weighted by atomic mass is 9.82. The van der Waals surface area contributed by atoms with Gasteiger partial charge >= 0.3 is 0 Å². The first-order chi connectivity index (χ1) is 30.5. The lowest BCUT2D eigenvalue weighted by Crippen LogP contribution is -2.16. The van der Waals surface area contributed by atoms with Gasteiger partial charge in [0, 0.05) is 45.6 Å². The summed E-state index contributed by atoms with van der Waals surface area (Å²) >= 11 is 0. The van der Waals surface area contributed by atoms with E-state index < -0.39 is 0 Å². The van der Waals surface area contributed by atoms with Gasteiger partial charge in [0.1, 0.15) is 0 Å². The predicted molar refractivity (Wildman–Crippen MR) is 264 cm³/mol. The molecule has 0 unspecified atom stereocenters. The smallest absolute Gasteiger partial charge is 0.0575 e. The summed E-state index contributed by atoms with van der Waals surface area (Å²) in [6, 6.07) is 78.4. The van der Waals surface area contributed by atoms with Crippen LogP contribution in [0.2, 0.25) is 0 Å². The largest absolute Gasteiger partial charge is 0.343 e. The van der Waals surface area contributed by atoms with Crippen molar-refractivity contribution in [1.82, 2.24) is 4.57 Å². The van der Waals surface area contributed by atoms with Gasteiger partial charge in [0.05, 0.1) is 16.9 Å². The number of rotatable bonds is 6. The van der Waals surface area contributed by atoms with E-state index in [4.69, 9.17) is 0 Å². The Kier molecular flexibility index (Phi) is 8.14. The van der Waals surface area contributed by atoms with Crippen LogP contribution < -0.4 is 4.90 Å². The Morgan fingerprint density at radius 3 is 1.65 bits per heavy atom. The molecule has 0 saturated heterocycles. The van der Waals surface area contributed by atoms with Crippen LogP contribution in [-0.4, -0.2) is 4.57 Å². The Morgan fingerprint density at radius 1 is 0.387 bits per heavy atom. The third-order valence-corrected chi connectivity index (χ3v) is 13.6. The topological polar surface area (TPSA) is 8.17 Å². The molecule has 0 atom stereocenters. The average Bonchev–Trinajstić information content (AvgIpc) is 3.77. The molecule has 1 aromatic heterocycles. The van der Waals surface area contributed by atoms with Crippen molar-refractivity contribution in [2.75, 3.05) is 4.90 Å². The quantitative estimate of drug-likeness (QED) is 0.152. The lowest BCUT2D eigenvalue weighted by molar-refractivity contribution is 0.660. The van der Waals surface area contributed by atoms with E-state index in [9.17, 15) is 0 Å². The first-order valence-electron chi connectivity index (χ1n) is 21.7. The summed E-state index contributed by atoms with van der Waals surface area (Å²) in [5.74, 6) is 0. The van der Waals surface area contributed by atoms with Crippen LogP contribution in [0, 0.1) is 0 Å². The molecule has 0 spiro atoms. The van der Waals surface area contributed by atoms with E-state index in [1.165, 1.54) is 99.0 Å². The Balaban J connectivity index is 1.10. The molecule has 2 nitrogen and oxygen atoms in total. The van der Waals surface area contributed by atoms with Crippen LogP contribution in [0.5, 0.6) is 0 Å². The van der Waals surface area contributed by atoms with Crippen LogP contribution in [-0.2, 0) is 12.5 Å². The standard InChI is InChI=1S/C60H44N2/c1-60(2)53-29-17-16-25-48(53)49-35-34-43(38-54(49)60)62(55-37-36-44(39-18-6-4-7-19-39)45-22-10-13-26-50(45)55)42-32-30-40(31-33-42)56-57-51-27-14-11-23-46(51)47-24-12-15-28-52(47)59(57)61(3)58(56)41-20-8-5-9-21-41/h4-38H,1-3H3. The van der Waals surface area contributed by atoms with Crippen LogP contribution in [0.25, 0.3) is 87.9 Å². The molecule has 10 aromatic carbocycles. The van der Waals surface area contributed by atoms with Crippen molar-refractivity contribution < 1.29 is 0 Å². The highest BCUT2D eigenvalue weighted by atomic mass is 15.1. The van der Waals surface area contributed by atoms with E-state index in [2.05, 4.69) is 243 Å². The van der Waals surface area contributed by atoms with Gasteiger partial charge < -0.3 is 9.47 Å². The molecule has 1 aliphatic carbocycles. The first kappa shape index (κ1) is 36.2. The van der Waals surface area contributed by atoms with Gasteiger partial charge in [-0.1, -0.05) is 196 Å². The summed E-state index contributed by atoms with van der Waals surface area (Å²) in [5, 5.41) is 8.81. The number of hydrogen-bond donors (Lipinski definition) is 0. The maximum Gasteiger partial charge on any atom is 0.0575 e. The van der Waals surface area contributed by atoms with Crippen LogP contribution >= 0.6 is 0 Å². The van der Waals surface area contributed by atoms with Crippen molar-refractivity contribution in [2.45, 2.75) is 19.3 Å². The molecule has 12 rings (SSSR count). The van der Waals surface area contributed by atoms with Crippen molar-refractivity contribution >= 4 is 60.3 Å². The normalized spacial score (nSPS) is 12.9. The fourth-order valence-electron chi connectivity index (χ4n) is 10.7. The number of fused-ring (bicyclic) bond motifs is 10. The van der Waals surface area contributed by atoms with Crippen molar-refractivity contribution in [1.29, 1.82) is 0 Å². The molecule has 2 heteroatoms. The van der Waals surface area contributed by atoms with Gasteiger partial charge in [-0.3, -0.25) is 0 Å². The van der Waals surface area contributed by atoms with Crippen molar-refractivity contribution in [3.8, 4) is 44.6 Å². The zero-order valence-corrected chi connectivity index (χ0v) is 35.1. The molecule has 62 heavy (non-hydrogen) atoms. The van der Waals surface area contributed by atoms with Gasteiger partial charge in [-0.15, -0.1) is 0 Å². The molecule has 1 aliphatic rings. The fraction of sp³-hybridized carbons (Fsp3) is 0.0667. The number of benzene rings is 10. The Morgan fingerprint density at radius 2 is 0.919 bits per heavy atom. The van der Waals surface area contributed by atoms with E-state index in [-0.39, 0.29) is 5.41 Å². The van der Waals surface area contributed by atoms with Crippen molar-refractivity contribution in [3.63, 3.8) is 0 Å². The molecule has 0 fully saturated rings. The van der Waals surface area contributed by atoms with Crippen molar-refractivity contribution in [3.05, 3.63) is 223 Å². The fourth-order valence-corrected chi connectivity index (χ4v) is 10.7. The molecule has 0 bridgehead atoms. The van der Waals surface area contributed by atoms with Gasteiger partial charge in [0.15, 0.2) is 0 Å². The van der Waals surface area contributed by atoms with Crippen LogP contribution in [0.15, 0.2) is 212 Å². The molecule has 0 aliphatic heterocycles. The highest BCUT2D eigenvalue weighted by molar-refractivity contribution is 6.29. The maximum atomic E-state index is 2.48. The molecule has 0 N–H and O–H groups in total. The highest BCUT2D eigenvalue weighted by Gasteiger charge is 2.36. The highest BCUT2D eigenvalue weighted by Crippen LogP contribution is 2.52. The zero-order chi connectivity index (χ0) is 41.5. The van der Waals surface area contributed by atoms with Gasteiger partial charge in [-0.25, -0.2) is 0 Å². The van der Waals surface area contributed by atoms with Gasteiger partial charge in [-0.2, -0.15) is 0 Å². The SMILES string of the molecule is Cn1c(-c2ccccc2)c(-c2ccc(N(c3ccc4c(c3)C(C)(C)c3ccccc3-4)c3ccc(-c4ccccc4)c4ccccc34)cc2)c2c3ccccc3c3ccccc3c21. The maximum absolute atomic E-state index is 2.48. The summed E-state index contributed by atoms with van der Waals surface area (Å²) in [4.78, 5) is 2.48. The zero-order valence-electron chi connectivity index (χ0n) is 35.1. The van der Waals surface area contributed by atoms with E-state index in [0.717, 1.165) is 17.1 Å². The average molecular weight is 793 g/mol. The molecule has 0 amide bonds. The summed E-state index contributed by atoms with van der Waals surface area (Å²) in [7, 11) is 2.24. The Hall–Kier alpha value is -7.68. The minimum absolute atomic E-state index is 0.133. The molecule has 0 radical (unpaired) electrons. The number of nitrogens with zero attached hydrogens (tertiary/aromatic N) is 2.